The molecule has 0 spiro atoms. The lowest BCUT2D eigenvalue weighted by atomic mass is 10.1. The van der Waals surface area contributed by atoms with E-state index in [2.05, 4.69) is 4.98 Å². The highest BCUT2D eigenvalue weighted by Gasteiger charge is 2.17. The number of hydrogen-bond donors (Lipinski definition) is 1. The zero-order valence-electron chi connectivity index (χ0n) is 11.2. The largest absolute Gasteiger partial charge is 0.481 e. The van der Waals surface area contributed by atoms with E-state index in [0.29, 0.717) is 19.5 Å². The number of hydrogen-bond acceptors (Lipinski definition) is 4. The van der Waals surface area contributed by atoms with Gasteiger partial charge in [-0.3, -0.25) is 4.79 Å². The van der Waals surface area contributed by atoms with Gasteiger partial charge in [-0.1, -0.05) is 13.0 Å². The van der Waals surface area contributed by atoms with Gasteiger partial charge in [-0.2, -0.15) is 0 Å². The van der Waals surface area contributed by atoms with Crippen molar-refractivity contribution in [3.63, 3.8) is 0 Å². The molecule has 5 nitrogen and oxygen atoms in total. The number of aromatic nitrogens is 1. The van der Waals surface area contributed by atoms with Crippen molar-refractivity contribution in [2.45, 2.75) is 19.9 Å². The number of rotatable bonds is 6. The van der Waals surface area contributed by atoms with Crippen LogP contribution in [0.4, 0.5) is 0 Å². The van der Waals surface area contributed by atoms with Crippen LogP contribution in [-0.2, 0) is 11.3 Å². The molecular weight excluding hydrogens is 244 g/mol. The maximum absolute atomic E-state index is 11.0. The average Bonchev–Trinajstić information content (AvgIpc) is 2.82. The highest BCUT2D eigenvalue weighted by Crippen LogP contribution is 2.16. The molecule has 0 amide bonds. The summed E-state index contributed by atoms with van der Waals surface area (Å²) in [5, 5.41) is 9.05. The Labute approximate surface area is 111 Å². The summed E-state index contributed by atoms with van der Waals surface area (Å²) in [5.41, 5.74) is 2.69. The van der Waals surface area contributed by atoms with Crippen LogP contribution in [0.1, 0.15) is 18.9 Å². The SMILES string of the molecule is CCC(CN(C)Cc1ccc2ncoc2c1)C(=O)O. The molecule has 5 heteroatoms. The Balaban J connectivity index is 2.01. The lowest BCUT2D eigenvalue weighted by Gasteiger charge is -2.20. The van der Waals surface area contributed by atoms with Gasteiger partial charge in [0.1, 0.15) is 5.52 Å². The van der Waals surface area contributed by atoms with E-state index in [4.69, 9.17) is 9.52 Å². The summed E-state index contributed by atoms with van der Waals surface area (Å²) in [6.45, 7) is 3.13. The van der Waals surface area contributed by atoms with Gasteiger partial charge in [0.25, 0.3) is 0 Å². The monoisotopic (exact) mass is 262 g/mol. The summed E-state index contributed by atoms with van der Waals surface area (Å²) in [4.78, 5) is 17.1. The van der Waals surface area contributed by atoms with Gasteiger partial charge in [-0.25, -0.2) is 4.98 Å². The smallest absolute Gasteiger partial charge is 0.307 e. The zero-order valence-corrected chi connectivity index (χ0v) is 11.2. The van der Waals surface area contributed by atoms with Crippen LogP contribution in [0.25, 0.3) is 11.1 Å². The number of benzene rings is 1. The van der Waals surface area contributed by atoms with Crippen LogP contribution in [0, 0.1) is 5.92 Å². The fraction of sp³-hybridized carbons (Fsp3) is 0.429. The number of oxazole rings is 1. The lowest BCUT2D eigenvalue weighted by Crippen LogP contribution is -2.29. The second kappa shape index (κ2) is 5.84. The number of aliphatic carboxylic acids is 1. The lowest BCUT2D eigenvalue weighted by molar-refractivity contribution is -0.142. The molecule has 0 radical (unpaired) electrons. The number of carboxylic acid groups (broad SMARTS) is 1. The van der Waals surface area contributed by atoms with E-state index in [1.807, 2.05) is 37.1 Å². The van der Waals surface area contributed by atoms with Crippen molar-refractivity contribution in [2.75, 3.05) is 13.6 Å². The highest BCUT2D eigenvalue weighted by molar-refractivity contribution is 5.72. The van der Waals surface area contributed by atoms with Crippen LogP contribution in [0.2, 0.25) is 0 Å². The molecule has 1 atom stereocenters. The summed E-state index contributed by atoms with van der Waals surface area (Å²) in [5.74, 6) is -1.06. The molecule has 1 aromatic heterocycles. The molecule has 1 heterocycles. The second-order valence-corrected chi connectivity index (χ2v) is 4.79. The van der Waals surface area contributed by atoms with Crippen LogP contribution in [0.15, 0.2) is 29.0 Å². The summed E-state index contributed by atoms with van der Waals surface area (Å²) < 4.78 is 5.26. The average molecular weight is 262 g/mol. The van der Waals surface area contributed by atoms with Crippen LogP contribution < -0.4 is 0 Å². The summed E-state index contributed by atoms with van der Waals surface area (Å²) >= 11 is 0. The Morgan fingerprint density at radius 3 is 3.00 bits per heavy atom. The number of carboxylic acids is 1. The second-order valence-electron chi connectivity index (χ2n) is 4.79. The summed E-state index contributed by atoms with van der Waals surface area (Å²) in [6.07, 6.45) is 2.07. The molecule has 2 rings (SSSR count). The molecule has 0 saturated carbocycles. The van der Waals surface area contributed by atoms with Crippen molar-refractivity contribution in [2.24, 2.45) is 5.92 Å². The highest BCUT2D eigenvalue weighted by atomic mass is 16.4. The van der Waals surface area contributed by atoms with Crippen molar-refractivity contribution in [3.05, 3.63) is 30.2 Å². The van der Waals surface area contributed by atoms with Crippen molar-refractivity contribution >= 4 is 17.1 Å². The third-order valence-electron chi connectivity index (χ3n) is 3.22. The first-order chi connectivity index (χ1) is 9.10. The molecule has 0 bridgehead atoms. The van der Waals surface area contributed by atoms with Gasteiger partial charge in [0.2, 0.25) is 0 Å². The van der Waals surface area contributed by atoms with Crippen molar-refractivity contribution in [3.8, 4) is 0 Å². The van der Waals surface area contributed by atoms with Gasteiger partial charge < -0.3 is 14.4 Å². The normalized spacial score (nSPS) is 13.0. The minimum atomic E-state index is -0.736. The fourth-order valence-corrected chi connectivity index (χ4v) is 2.13. The Morgan fingerprint density at radius 1 is 1.53 bits per heavy atom. The van der Waals surface area contributed by atoms with E-state index >= 15 is 0 Å². The van der Waals surface area contributed by atoms with E-state index < -0.39 is 5.97 Å². The molecule has 0 aliphatic rings. The van der Waals surface area contributed by atoms with Gasteiger partial charge in [-0.05, 0) is 31.2 Å². The Hall–Kier alpha value is -1.88. The minimum absolute atomic E-state index is 0.320. The molecule has 0 aliphatic heterocycles. The van der Waals surface area contributed by atoms with Crippen molar-refractivity contribution in [1.29, 1.82) is 0 Å². The van der Waals surface area contributed by atoms with Gasteiger partial charge in [0.05, 0.1) is 5.92 Å². The van der Waals surface area contributed by atoms with E-state index in [9.17, 15) is 4.79 Å². The quantitative estimate of drug-likeness (QED) is 0.865. The zero-order chi connectivity index (χ0) is 13.8. The Bertz CT molecular complexity index is 565. The molecule has 0 aliphatic carbocycles. The summed E-state index contributed by atoms with van der Waals surface area (Å²) in [7, 11) is 1.93. The number of carbonyl (C=O) groups is 1. The number of nitrogens with zero attached hydrogens (tertiary/aromatic N) is 2. The molecule has 19 heavy (non-hydrogen) atoms. The van der Waals surface area contributed by atoms with E-state index in [0.717, 1.165) is 16.7 Å². The van der Waals surface area contributed by atoms with Gasteiger partial charge in [-0.15, -0.1) is 0 Å². The fourth-order valence-electron chi connectivity index (χ4n) is 2.13. The van der Waals surface area contributed by atoms with Crippen molar-refractivity contribution < 1.29 is 14.3 Å². The van der Waals surface area contributed by atoms with Gasteiger partial charge in [0.15, 0.2) is 12.0 Å². The van der Waals surface area contributed by atoms with Gasteiger partial charge >= 0.3 is 5.97 Å². The molecular formula is C14H18N2O3. The standard InChI is InChI=1S/C14H18N2O3/c1-3-11(14(17)18)8-16(2)7-10-4-5-12-13(6-10)19-9-15-12/h4-6,9,11H,3,7-8H2,1-2H3,(H,17,18). The molecule has 0 fully saturated rings. The molecule has 1 unspecified atom stereocenters. The van der Waals surface area contributed by atoms with Crippen LogP contribution in [-0.4, -0.2) is 34.6 Å². The topological polar surface area (TPSA) is 66.6 Å². The minimum Gasteiger partial charge on any atom is -0.481 e. The van der Waals surface area contributed by atoms with Gasteiger partial charge in [0, 0.05) is 13.1 Å². The first kappa shape index (κ1) is 13.5. The predicted molar refractivity (Wildman–Crippen MR) is 71.8 cm³/mol. The molecule has 102 valence electrons. The Kier molecular flexibility index (Phi) is 4.16. The molecule has 1 aromatic carbocycles. The maximum atomic E-state index is 11.0. The first-order valence-electron chi connectivity index (χ1n) is 6.33. The van der Waals surface area contributed by atoms with Crippen LogP contribution in [0.5, 0.6) is 0 Å². The number of fused-ring (bicyclic) bond motifs is 1. The van der Waals surface area contributed by atoms with E-state index in [1.165, 1.54) is 6.39 Å². The molecule has 2 aromatic rings. The molecule has 0 saturated heterocycles. The third kappa shape index (κ3) is 3.32. The summed E-state index contributed by atoms with van der Waals surface area (Å²) in [6, 6.07) is 5.85. The van der Waals surface area contributed by atoms with Crippen LogP contribution >= 0.6 is 0 Å². The van der Waals surface area contributed by atoms with Crippen LogP contribution in [0.3, 0.4) is 0 Å². The molecule has 1 N–H and O–H groups in total. The first-order valence-corrected chi connectivity index (χ1v) is 6.33. The third-order valence-corrected chi connectivity index (χ3v) is 3.22. The maximum Gasteiger partial charge on any atom is 0.307 e. The van der Waals surface area contributed by atoms with E-state index in [-0.39, 0.29) is 5.92 Å². The Morgan fingerprint density at radius 2 is 2.32 bits per heavy atom. The van der Waals surface area contributed by atoms with Crippen molar-refractivity contribution in [1.82, 2.24) is 9.88 Å². The predicted octanol–water partition coefficient (Wildman–Crippen LogP) is 2.37. The van der Waals surface area contributed by atoms with E-state index in [1.54, 1.807) is 0 Å².